The third-order valence-electron chi connectivity index (χ3n) is 4.32. The second-order valence-electron chi connectivity index (χ2n) is 5.59. The first-order valence-corrected chi connectivity index (χ1v) is 6.85. The smallest absolute Gasteiger partial charge is 0.0855 e. The summed E-state index contributed by atoms with van der Waals surface area (Å²) in [6.07, 6.45) is 3.80. The Hall–Kier alpha value is -0.900. The first kappa shape index (κ1) is 12.2. The fourth-order valence-corrected chi connectivity index (χ4v) is 3.00. The maximum atomic E-state index is 10.6. The van der Waals surface area contributed by atoms with E-state index in [0.717, 1.165) is 25.9 Å². The van der Waals surface area contributed by atoms with Gasteiger partial charge in [0.05, 0.1) is 18.3 Å². The molecular formula is C15H21NO2. The molecule has 1 heterocycles. The molecule has 2 unspecified atom stereocenters. The molecule has 0 saturated heterocycles. The van der Waals surface area contributed by atoms with Crippen molar-refractivity contribution in [1.82, 2.24) is 0 Å². The van der Waals surface area contributed by atoms with Crippen LogP contribution in [0.15, 0.2) is 24.3 Å². The van der Waals surface area contributed by atoms with Crippen LogP contribution in [0.5, 0.6) is 0 Å². The zero-order valence-corrected chi connectivity index (χ0v) is 10.6. The van der Waals surface area contributed by atoms with Crippen LogP contribution in [-0.4, -0.2) is 23.9 Å². The van der Waals surface area contributed by atoms with E-state index < -0.39 is 5.60 Å². The van der Waals surface area contributed by atoms with Crippen molar-refractivity contribution >= 4 is 0 Å². The minimum absolute atomic E-state index is 0.00380. The maximum Gasteiger partial charge on any atom is 0.0855 e. The lowest BCUT2D eigenvalue weighted by Crippen LogP contribution is -2.42. The van der Waals surface area contributed by atoms with Crippen molar-refractivity contribution in [2.75, 3.05) is 13.2 Å². The van der Waals surface area contributed by atoms with Crippen molar-refractivity contribution < 1.29 is 9.84 Å². The SMILES string of the molecule is NCC(O)(CC1OCCc2ccccc21)C1CC1. The Labute approximate surface area is 108 Å². The number of hydrogen-bond donors (Lipinski definition) is 2. The fourth-order valence-electron chi connectivity index (χ4n) is 3.00. The molecule has 1 saturated carbocycles. The molecular weight excluding hydrogens is 226 g/mol. The molecule has 3 nitrogen and oxygen atoms in total. The van der Waals surface area contributed by atoms with E-state index in [9.17, 15) is 5.11 Å². The number of rotatable bonds is 4. The van der Waals surface area contributed by atoms with Crippen molar-refractivity contribution in [3.8, 4) is 0 Å². The molecule has 1 fully saturated rings. The van der Waals surface area contributed by atoms with E-state index >= 15 is 0 Å². The van der Waals surface area contributed by atoms with Crippen LogP contribution in [0, 0.1) is 5.92 Å². The van der Waals surface area contributed by atoms with Gasteiger partial charge in [0.1, 0.15) is 0 Å². The largest absolute Gasteiger partial charge is 0.388 e. The van der Waals surface area contributed by atoms with Crippen LogP contribution in [0.2, 0.25) is 0 Å². The van der Waals surface area contributed by atoms with E-state index in [1.54, 1.807) is 0 Å². The van der Waals surface area contributed by atoms with Crippen molar-refractivity contribution in [2.24, 2.45) is 11.7 Å². The number of fused-ring (bicyclic) bond motifs is 1. The Morgan fingerprint density at radius 3 is 2.83 bits per heavy atom. The molecule has 3 heteroatoms. The molecule has 3 rings (SSSR count). The number of aliphatic hydroxyl groups is 1. The molecule has 3 N–H and O–H groups in total. The molecule has 1 aromatic rings. The van der Waals surface area contributed by atoms with E-state index in [1.807, 2.05) is 6.07 Å². The molecule has 18 heavy (non-hydrogen) atoms. The monoisotopic (exact) mass is 247 g/mol. The Balaban J connectivity index is 1.81. The van der Waals surface area contributed by atoms with Crippen LogP contribution >= 0.6 is 0 Å². The normalized spacial score (nSPS) is 26.4. The zero-order chi connectivity index (χ0) is 12.6. The summed E-state index contributed by atoms with van der Waals surface area (Å²) < 4.78 is 5.86. The Bertz CT molecular complexity index is 430. The summed E-state index contributed by atoms with van der Waals surface area (Å²) in [7, 11) is 0. The summed E-state index contributed by atoms with van der Waals surface area (Å²) in [6, 6.07) is 8.38. The van der Waals surface area contributed by atoms with Gasteiger partial charge in [-0.3, -0.25) is 0 Å². The molecule has 2 aliphatic rings. The number of hydrogen-bond acceptors (Lipinski definition) is 3. The van der Waals surface area contributed by atoms with Crippen molar-refractivity contribution in [3.63, 3.8) is 0 Å². The summed E-state index contributed by atoms with van der Waals surface area (Å²) in [5.74, 6) is 0.375. The first-order valence-electron chi connectivity index (χ1n) is 6.85. The second kappa shape index (κ2) is 4.65. The standard InChI is InChI=1S/C15H21NO2/c16-10-15(17,12-5-6-12)9-14-13-4-2-1-3-11(13)7-8-18-14/h1-4,12,14,17H,5-10,16H2. The lowest BCUT2D eigenvalue weighted by molar-refractivity contribution is -0.0530. The third kappa shape index (κ3) is 2.18. The summed E-state index contributed by atoms with van der Waals surface area (Å²) in [5.41, 5.74) is 7.62. The van der Waals surface area contributed by atoms with Gasteiger partial charge in [0, 0.05) is 13.0 Å². The summed E-state index contributed by atoms with van der Waals surface area (Å²) in [4.78, 5) is 0. The van der Waals surface area contributed by atoms with Gasteiger partial charge in [-0.1, -0.05) is 24.3 Å². The fraction of sp³-hybridized carbons (Fsp3) is 0.600. The van der Waals surface area contributed by atoms with E-state index in [2.05, 4.69) is 18.2 Å². The van der Waals surface area contributed by atoms with E-state index in [1.165, 1.54) is 11.1 Å². The van der Waals surface area contributed by atoms with Crippen molar-refractivity contribution in [1.29, 1.82) is 0 Å². The van der Waals surface area contributed by atoms with Gasteiger partial charge in [0.2, 0.25) is 0 Å². The minimum atomic E-state index is -0.741. The zero-order valence-electron chi connectivity index (χ0n) is 10.6. The third-order valence-corrected chi connectivity index (χ3v) is 4.32. The van der Waals surface area contributed by atoms with Crippen molar-refractivity contribution in [2.45, 2.75) is 37.4 Å². The lowest BCUT2D eigenvalue weighted by atomic mass is 9.85. The van der Waals surface area contributed by atoms with Gasteiger partial charge in [-0.05, 0) is 36.3 Å². The van der Waals surface area contributed by atoms with Crippen LogP contribution in [-0.2, 0) is 11.2 Å². The average molecular weight is 247 g/mol. The highest BCUT2D eigenvalue weighted by Gasteiger charge is 2.45. The molecule has 1 aliphatic heterocycles. The predicted octanol–water partition coefficient (Wildman–Crippen LogP) is 1.79. The van der Waals surface area contributed by atoms with E-state index in [4.69, 9.17) is 10.5 Å². The summed E-state index contributed by atoms with van der Waals surface area (Å²) in [5, 5.41) is 10.6. The van der Waals surface area contributed by atoms with Gasteiger partial charge in [0.25, 0.3) is 0 Å². The van der Waals surface area contributed by atoms with E-state index in [0.29, 0.717) is 18.9 Å². The van der Waals surface area contributed by atoms with Gasteiger partial charge in [-0.2, -0.15) is 0 Å². The molecule has 98 valence electrons. The molecule has 0 spiro atoms. The van der Waals surface area contributed by atoms with Crippen LogP contribution in [0.3, 0.4) is 0 Å². The second-order valence-corrected chi connectivity index (χ2v) is 5.59. The quantitative estimate of drug-likeness (QED) is 0.853. The van der Waals surface area contributed by atoms with Gasteiger partial charge in [-0.25, -0.2) is 0 Å². The van der Waals surface area contributed by atoms with Gasteiger partial charge in [0.15, 0.2) is 0 Å². The van der Waals surface area contributed by atoms with Crippen LogP contribution in [0.1, 0.15) is 36.5 Å². The van der Waals surface area contributed by atoms with Crippen molar-refractivity contribution in [3.05, 3.63) is 35.4 Å². The highest BCUT2D eigenvalue weighted by molar-refractivity contribution is 5.31. The molecule has 0 aromatic heterocycles. The Morgan fingerprint density at radius 2 is 2.11 bits per heavy atom. The maximum absolute atomic E-state index is 10.6. The molecule has 0 bridgehead atoms. The molecule has 2 atom stereocenters. The minimum Gasteiger partial charge on any atom is -0.388 e. The molecule has 1 aliphatic carbocycles. The predicted molar refractivity (Wildman–Crippen MR) is 70.2 cm³/mol. The summed E-state index contributed by atoms with van der Waals surface area (Å²) >= 11 is 0. The first-order chi connectivity index (χ1) is 8.73. The van der Waals surface area contributed by atoms with Gasteiger partial charge in [-0.15, -0.1) is 0 Å². The molecule has 0 amide bonds. The molecule has 0 radical (unpaired) electrons. The number of nitrogens with two attached hydrogens (primary N) is 1. The highest BCUT2D eigenvalue weighted by Crippen LogP contribution is 2.45. The lowest BCUT2D eigenvalue weighted by Gasteiger charge is -2.34. The molecule has 1 aromatic carbocycles. The Kier molecular flexibility index (Phi) is 3.14. The van der Waals surface area contributed by atoms with Crippen LogP contribution < -0.4 is 5.73 Å². The highest BCUT2D eigenvalue weighted by atomic mass is 16.5. The van der Waals surface area contributed by atoms with Gasteiger partial charge >= 0.3 is 0 Å². The number of ether oxygens (including phenoxy) is 1. The van der Waals surface area contributed by atoms with Crippen LogP contribution in [0.4, 0.5) is 0 Å². The average Bonchev–Trinajstić information content (AvgIpc) is 3.24. The van der Waals surface area contributed by atoms with Gasteiger partial charge < -0.3 is 15.6 Å². The Morgan fingerprint density at radius 1 is 1.33 bits per heavy atom. The topological polar surface area (TPSA) is 55.5 Å². The number of benzene rings is 1. The van der Waals surface area contributed by atoms with E-state index in [-0.39, 0.29) is 6.10 Å². The van der Waals surface area contributed by atoms with Crippen LogP contribution in [0.25, 0.3) is 0 Å². The summed E-state index contributed by atoms with van der Waals surface area (Å²) in [6.45, 7) is 1.08.